The molecule has 0 bridgehead atoms. The van der Waals surface area contributed by atoms with Crippen molar-refractivity contribution in [2.45, 2.75) is 45.7 Å². The van der Waals surface area contributed by atoms with Crippen LogP contribution in [0.4, 0.5) is 24.5 Å². The molecule has 1 N–H and O–H groups in total. The molecule has 0 atom stereocenters. The lowest BCUT2D eigenvalue weighted by atomic mass is 10.1. The molecule has 1 aliphatic rings. The Balaban J connectivity index is 1.78. The van der Waals surface area contributed by atoms with Gasteiger partial charge in [-0.1, -0.05) is 5.21 Å². The normalized spacial score (nSPS) is 14.5. The van der Waals surface area contributed by atoms with Crippen molar-refractivity contribution in [3.05, 3.63) is 35.7 Å². The third-order valence-corrected chi connectivity index (χ3v) is 4.83. The van der Waals surface area contributed by atoms with Gasteiger partial charge in [0.1, 0.15) is 0 Å². The van der Waals surface area contributed by atoms with Crippen LogP contribution < -0.4 is 10.2 Å². The van der Waals surface area contributed by atoms with Gasteiger partial charge in [-0.25, -0.2) is 4.68 Å². The third kappa shape index (κ3) is 5.95. The Bertz CT molecular complexity index is 875. The maximum Gasteiger partial charge on any atom is 0.416 e. The van der Waals surface area contributed by atoms with Gasteiger partial charge in [0.25, 0.3) is 5.91 Å². The van der Waals surface area contributed by atoms with Crippen molar-refractivity contribution >= 4 is 17.3 Å². The molecule has 1 aliphatic heterocycles. The smallest absolute Gasteiger partial charge is 0.370 e. The number of hydrogen-bond donors (Lipinski definition) is 1. The molecule has 1 aromatic heterocycles. The molecule has 11 heteroatoms. The van der Waals surface area contributed by atoms with Gasteiger partial charge >= 0.3 is 6.18 Å². The van der Waals surface area contributed by atoms with E-state index in [2.05, 4.69) is 15.6 Å². The van der Waals surface area contributed by atoms with Crippen LogP contribution >= 0.6 is 0 Å². The summed E-state index contributed by atoms with van der Waals surface area (Å²) in [7, 11) is 0. The number of benzene rings is 1. The van der Waals surface area contributed by atoms with E-state index in [1.165, 1.54) is 16.9 Å². The minimum absolute atomic E-state index is 0.0171. The van der Waals surface area contributed by atoms with Crippen molar-refractivity contribution in [2.75, 3.05) is 36.5 Å². The summed E-state index contributed by atoms with van der Waals surface area (Å²) in [6.07, 6.45) is -1.76. The van der Waals surface area contributed by atoms with Gasteiger partial charge < -0.3 is 19.7 Å². The predicted molar refractivity (Wildman–Crippen MR) is 108 cm³/mol. The van der Waals surface area contributed by atoms with Crippen LogP contribution in [0, 0.1) is 0 Å². The number of ether oxygens (including phenoxy) is 2. The Hall–Kier alpha value is -2.66. The minimum atomic E-state index is -4.51. The highest BCUT2D eigenvalue weighted by Gasteiger charge is 2.32. The summed E-state index contributed by atoms with van der Waals surface area (Å²) in [5.74, 6) is -0.643. The van der Waals surface area contributed by atoms with Crippen molar-refractivity contribution in [3.8, 4) is 0 Å². The van der Waals surface area contributed by atoms with Gasteiger partial charge in [-0.2, -0.15) is 13.2 Å². The molecule has 2 aromatic rings. The predicted octanol–water partition coefficient (Wildman–Crippen LogP) is 3.55. The lowest BCUT2D eigenvalue weighted by molar-refractivity contribution is -0.145. The van der Waals surface area contributed by atoms with E-state index in [1.54, 1.807) is 0 Å². The van der Waals surface area contributed by atoms with E-state index in [0.29, 0.717) is 18.9 Å². The zero-order valence-corrected chi connectivity index (χ0v) is 17.5. The quantitative estimate of drug-likeness (QED) is 0.600. The van der Waals surface area contributed by atoms with Gasteiger partial charge in [0.05, 0.1) is 29.7 Å². The van der Waals surface area contributed by atoms with E-state index in [4.69, 9.17) is 9.47 Å². The summed E-state index contributed by atoms with van der Waals surface area (Å²) in [6.45, 7) is 6.23. The van der Waals surface area contributed by atoms with Gasteiger partial charge in [0, 0.05) is 26.3 Å². The minimum Gasteiger partial charge on any atom is -0.370 e. The average molecular weight is 441 g/mol. The number of anilines is 2. The van der Waals surface area contributed by atoms with Crippen LogP contribution in [-0.4, -0.2) is 53.5 Å². The molecule has 1 fully saturated rings. The molecule has 8 nitrogen and oxygen atoms in total. The van der Waals surface area contributed by atoms with Gasteiger partial charge in [-0.15, -0.1) is 5.10 Å². The topological polar surface area (TPSA) is 81.5 Å². The van der Waals surface area contributed by atoms with Crippen molar-refractivity contribution in [1.29, 1.82) is 0 Å². The molecule has 2 heterocycles. The highest BCUT2D eigenvalue weighted by molar-refractivity contribution is 6.04. The summed E-state index contributed by atoms with van der Waals surface area (Å²) >= 11 is 0. The second-order valence-electron chi connectivity index (χ2n) is 7.04. The fraction of sp³-hybridized carbons (Fsp3) is 0.550. The van der Waals surface area contributed by atoms with Gasteiger partial charge in [-0.3, -0.25) is 4.79 Å². The van der Waals surface area contributed by atoms with E-state index in [-0.39, 0.29) is 17.9 Å². The second kappa shape index (κ2) is 10.1. The van der Waals surface area contributed by atoms with Crippen LogP contribution in [0.25, 0.3) is 0 Å². The largest absolute Gasteiger partial charge is 0.416 e. The highest BCUT2D eigenvalue weighted by Crippen LogP contribution is 2.36. The SMILES string of the molecule is CCOC(Cn1cc(C(=O)Nc2cc(C(F)(F)F)ccc2N2CCCC2)nn1)OCC. The maximum atomic E-state index is 13.2. The van der Waals surface area contributed by atoms with Crippen molar-refractivity contribution in [1.82, 2.24) is 15.0 Å². The number of alkyl halides is 3. The molecular weight excluding hydrogens is 415 g/mol. The lowest BCUT2D eigenvalue weighted by Gasteiger charge is -2.22. The first-order valence-electron chi connectivity index (χ1n) is 10.2. The Morgan fingerprint density at radius 3 is 2.48 bits per heavy atom. The Labute approximate surface area is 178 Å². The zero-order chi connectivity index (χ0) is 22.4. The van der Waals surface area contributed by atoms with Crippen LogP contribution in [0.2, 0.25) is 0 Å². The van der Waals surface area contributed by atoms with Crippen LogP contribution in [0.3, 0.4) is 0 Å². The molecule has 0 saturated carbocycles. The fourth-order valence-electron chi connectivity index (χ4n) is 3.40. The zero-order valence-electron chi connectivity index (χ0n) is 17.5. The first kappa shape index (κ1) is 23.0. The average Bonchev–Trinajstić information content (AvgIpc) is 3.40. The molecule has 0 spiro atoms. The maximum absolute atomic E-state index is 13.2. The lowest BCUT2D eigenvalue weighted by Crippen LogP contribution is -2.24. The number of carbonyl (C=O) groups is 1. The Morgan fingerprint density at radius 1 is 1.19 bits per heavy atom. The molecule has 0 radical (unpaired) electrons. The molecule has 31 heavy (non-hydrogen) atoms. The highest BCUT2D eigenvalue weighted by atomic mass is 19.4. The monoisotopic (exact) mass is 441 g/mol. The molecule has 170 valence electrons. The van der Waals surface area contributed by atoms with Gasteiger partial charge in [0.15, 0.2) is 12.0 Å². The van der Waals surface area contributed by atoms with E-state index >= 15 is 0 Å². The molecule has 1 saturated heterocycles. The second-order valence-corrected chi connectivity index (χ2v) is 7.04. The summed E-state index contributed by atoms with van der Waals surface area (Å²) < 4.78 is 51.9. The summed E-state index contributed by atoms with van der Waals surface area (Å²) in [4.78, 5) is 14.7. The van der Waals surface area contributed by atoms with Crippen molar-refractivity contribution in [2.24, 2.45) is 0 Å². The van der Waals surface area contributed by atoms with E-state index in [0.717, 1.165) is 38.1 Å². The first-order chi connectivity index (χ1) is 14.8. The number of hydrogen-bond acceptors (Lipinski definition) is 6. The summed E-state index contributed by atoms with van der Waals surface area (Å²) in [5, 5.41) is 10.3. The number of halogens is 3. The number of amides is 1. The molecule has 1 aromatic carbocycles. The molecular formula is C20H26F3N5O3. The van der Waals surface area contributed by atoms with Crippen LogP contribution in [0.5, 0.6) is 0 Å². The third-order valence-electron chi connectivity index (χ3n) is 4.83. The standard InChI is InChI=1S/C20H26F3N5O3/c1-3-30-18(31-4-2)13-28-12-16(25-26-28)19(29)24-15-11-14(20(21,22)23)7-8-17(15)27-9-5-6-10-27/h7-8,11-12,18H,3-6,9-10,13H2,1-2H3,(H,24,29). The molecule has 0 unspecified atom stereocenters. The Kier molecular flexibility index (Phi) is 7.50. The molecule has 1 amide bonds. The van der Waals surface area contributed by atoms with E-state index in [9.17, 15) is 18.0 Å². The number of nitrogens with zero attached hydrogens (tertiary/aromatic N) is 4. The van der Waals surface area contributed by atoms with E-state index in [1.807, 2.05) is 18.7 Å². The summed E-state index contributed by atoms with van der Waals surface area (Å²) in [6, 6.07) is 3.38. The Morgan fingerprint density at radius 2 is 1.87 bits per heavy atom. The van der Waals surface area contributed by atoms with Gasteiger partial charge in [-0.05, 0) is 44.9 Å². The number of aromatic nitrogens is 3. The molecule has 0 aliphatic carbocycles. The number of carbonyl (C=O) groups excluding carboxylic acids is 1. The van der Waals surface area contributed by atoms with Crippen LogP contribution in [-0.2, 0) is 22.2 Å². The summed E-state index contributed by atoms with van der Waals surface area (Å²) in [5.41, 5.74) is -0.195. The number of nitrogens with one attached hydrogen (secondary N) is 1. The van der Waals surface area contributed by atoms with Crippen LogP contribution in [0.15, 0.2) is 24.4 Å². The van der Waals surface area contributed by atoms with E-state index < -0.39 is 23.9 Å². The van der Waals surface area contributed by atoms with Crippen molar-refractivity contribution < 1.29 is 27.4 Å². The van der Waals surface area contributed by atoms with Crippen LogP contribution in [0.1, 0.15) is 42.7 Å². The van der Waals surface area contributed by atoms with Crippen molar-refractivity contribution in [3.63, 3.8) is 0 Å². The van der Waals surface area contributed by atoms with Gasteiger partial charge in [0.2, 0.25) is 0 Å². The molecule has 3 rings (SSSR count). The number of rotatable bonds is 9. The fourth-order valence-corrected chi connectivity index (χ4v) is 3.40. The first-order valence-corrected chi connectivity index (χ1v) is 10.2.